The second-order valence-corrected chi connectivity index (χ2v) is 8.07. The Morgan fingerprint density at radius 2 is 2.15 bits per heavy atom. The van der Waals surface area contributed by atoms with Gasteiger partial charge in [-0.2, -0.15) is 0 Å². The van der Waals surface area contributed by atoms with Crippen molar-refractivity contribution in [2.45, 2.75) is 51.7 Å². The molecule has 5 nitrogen and oxygen atoms in total. The molecule has 6 atom stereocenters. The van der Waals surface area contributed by atoms with Crippen LogP contribution in [0, 0.1) is 35.5 Å². The molecule has 2 saturated carbocycles. The van der Waals surface area contributed by atoms with E-state index in [1.54, 1.807) is 27.3 Å². The summed E-state index contributed by atoms with van der Waals surface area (Å²) in [5, 5.41) is 20.7. The normalized spacial score (nSPS) is 30.7. The first kappa shape index (κ1) is 21.5. The topological polar surface area (TPSA) is 70.0 Å². The SMILES string of the molecule is CC#CC[C@H](C)[C@@H](O)/C=C/[C@@H]1[C@H]2CC(=COCC(=O)N(C)C)C[C@H]2C[C@H]1O. The fourth-order valence-corrected chi connectivity index (χ4v) is 4.04. The summed E-state index contributed by atoms with van der Waals surface area (Å²) in [4.78, 5) is 13.1. The third-order valence-corrected chi connectivity index (χ3v) is 5.78. The number of carbonyl (C=O) groups excluding carboxylic acids is 1. The Morgan fingerprint density at radius 3 is 2.81 bits per heavy atom. The summed E-state index contributed by atoms with van der Waals surface area (Å²) in [7, 11) is 3.42. The summed E-state index contributed by atoms with van der Waals surface area (Å²) in [5.41, 5.74) is 1.20. The van der Waals surface area contributed by atoms with E-state index in [1.165, 1.54) is 10.5 Å². The molecule has 0 radical (unpaired) electrons. The van der Waals surface area contributed by atoms with Gasteiger partial charge < -0.3 is 19.8 Å². The van der Waals surface area contributed by atoms with Crippen molar-refractivity contribution in [3.05, 3.63) is 24.0 Å². The van der Waals surface area contributed by atoms with Crippen LogP contribution in [0.15, 0.2) is 24.0 Å². The zero-order valence-electron chi connectivity index (χ0n) is 16.9. The number of likely N-dealkylation sites (N-methyl/N-ethyl adjacent to an activating group) is 1. The Kier molecular flexibility index (Phi) is 7.94. The van der Waals surface area contributed by atoms with Crippen molar-refractivity contribution in [2.75, 3.05) is 20.7 Å². The number of ether oxygens (including phenoxy) is 1. The van der Waals surface area contributed by atoms with Crippen LogP contribution in [0.5, 0.6) is 0 Å². The number of aliphatic hydroxyl groups excluding tert-OH is 2. The average molecular weight is 376 g/mol. The molecule has 0 aliphatic heterocycles. The lowest BCUT2D eigenvalue weighted by Crippen LogP contribution is -2.25. The molecule has 0 aromatic heterocycles. The van der Waals surface area contributed by atoms with Gasteiger partial charge in [0.05, 0.1) is 18.5 Å². The summed E-state index contributed by atoms with van der Waals surface area (Å²) in [6, 6.07) is 0. The molecule has 2 rings (SSSR count). The molecule has 2 fully saturated rings. The zero-order chi connectivity index (χ0) is 20.0. The summed E-state index contributed by atoms with van der Waals surface area (Å²) in [5.74, 6) is 6.74. The number of amides is 1. The number of fused-ring (bicyclic) bond motifs is 1. The van der Waals surface area contributed by atoms with Gasteiger partial charge in [0, 0.05) is 26.4 Å². The Bertz CT molecular complexity index is 628. The van der Waals surface area contributed by atoms with Crippen molar-refractivity contribution in [3.8, 4) is 11.8 Å². The van der Waals surface area contributed by atoms with Crippen LogP contribution < -0.4 is 0 Å². The van der Waals surface area contributed by atoms with Gasteiger partial charge in [0.2, 0.25) is 0 Å². The van der Waals surface area contributed by atoms with Crippen LogP contribution in [0.4, 0.5) is 0 Å². The number of aliphatic hydroxyl groups is 2. The van der Waals surface area contributed by atoms with Crippen molar-refractivity contribution in [2.24, 2.45) is 23.7 Å². The van der Waals surface area contributed by atoms with E-state index in [9.17, 15) is 15.0 Å². The van der Waals surface area contributed by atoms with Gasteiger partial charge in [-0.25, -0.2) is 0 Å². The van der Waals surface area contributed by atoms with Crippen LogP contribution in [0.25, 0.3) is 0 Å². The molecular weight excluding hydrogens is 342 g/mol. The Hall–Kier alpha value is -1.77. The highest BCUT2D eigenvalue weighted by Crippen LogP contribution is 2.50. The first-order valence-electron chi connectivity index (χ1n) is 9.77. The first-order valence-corrected chi connectivity index (χ1v) is 9.77. The predicted molar refractivity (Wildman–Crippen MR) is 105 cm³/mol. The molecule has 0 bridgehead atoms. The number of hydrogen-bond donors (Lipinski definition) is 2. The smallest absolute Gasteiger partial charge is 0.259 e. The molecule has 0 heterocycles. The maximum atomic E-state index is 11.6. The maximum absolute atomic E-state index is 11.6. The third kappa shape index (κ3) is 5.85. The molecule has 5 heteroatoms. The van der Waals surface area contributed by atoms with Crippen LogP contribution >= 0.6 is 0 Å². The van der Waals surface area contributed by atoms with E-state index in [4.69, 9.17) is 4.74 Å². The van der Waals surface area contributed by atoms with Gasteiger partial charge >= 0.3 is 0 Å². The molecule has 0 aromatic carbocycles. The van der Waals surface area contributed by atoms with E-state index < -0.39 is 6.10 Å². The van der Waals surface area contributed by atoms with Crippen molar-refractivity contribution < 1.29 is 19.7 Å². The second-order valence-electron chi connectivity index (χ2n) is 8.07. The minimum absolute atomic E-state index is 0.0581. The third-order valence-electron chi connectivity index (χ3n) is 5.78. The van der Waals surface area contributed by atoms with Crippen molar-refractivity contribution in [1.82, 2.24) is 4.90 Å². The molecule has 1 amide bonds. The number of nitrogens with zero attached hydrogens (tertiary/aromatic N) is 1. The largest absolute Gasteiger partial charge is 0.491 e. The van der Waals surface area contributed by atoms with Crippen LogP contribution in [-0.2, 0) is 9.53 Å². The summed E-state index contributed by atoms with van der Waals surface area (Å²) < 4.78 is 5.45. The Morgan fingerprint density at radius 1 is 1.41 bits per heavy atom. The number of hydrogen-bond acceptors (Lipinski definition) is 4. The van der Waals surface area contributed by atoms with E-state index in [0.717, 1.165) is 19.3 Å². The van der Waals surface area contributed by atoms with Gasteiger partial charge in [-0.1, -0.05) is 19.1 Å². The lowest BCUT2D eigenvalue weighted by Gasteiger charge is -2.19. The van der Waals surface area contributed by atoms with Crippen molar-refractivity contribution in [1.29, 1.82) is 0 Å². The number of carbonyl (C=O) groups is 1. The predicted octanol–water partition coefficient (Wildman–Crippen LogP) is 2.35. The van der Waals surface area contributed by atoms with Crippen LogP contribution in [-0.4, -0.2) is 53.9 Å². The Balaban J connectivity index is 1.91. The Labute approximate surface area is 163 Å². The van der Waals surface area contributed by atoms with Gasteiger partial charge in [-0.05, 0) is 49.5 Å². The van der Waals surface area contributed by atoms with Gasteiger partial charge in [0.15, 0.2) is 6.61 Å². The quantitative estimate of drug-likeness (QED) is 0.407. The van der Waals surface area contributed by atoms with Gasteiger partial charge in [0.25, 0.3) is 5.91 Å². The highest BCUT2D eigenvalue weighted by atomic mass is 16.5. The van der Waals surface area contributed by atoms with Crippen molar-refractivity contribution >= 4 is 5.91 Å². The monoisotopic (exact) mass is 375 g/mol. The van der Waals surface area contributed by atoms with E-state index in [2.05, 4.69) is 11.8 Å². The standard InChI is InChI=1S/C22H33NO4/c1-5-6-7-15(2)20(24)9-8-18-19-11-16(10-17(19)12-21(18)25)13-27-14-22(26)23(3)4/h8-9,13,15,17-21,24-25H,7,10-12,14H2,1-4H3/b9-8+,16-13?/t15-,17-,18+,19-,20-,21+/m0/s1. The molecule has 0 saturated heterocycles. The average Bonchev–Trinajstić information content (AvgIpc) is 3.13. The maximum Gasteiger partial charge on any atom is 0.259 e. The first-order chi connectivity index (χ1) is 12.8. The minimum atomic E-state index is -0.547. The van der Waals surface area contributed by atoms with Crippen LogP contribution in [0.3, 0.4) is 0 Å². The number of rotatable bonds is 7. The molecule has 2 aliphatic rings. The van der Waals surface area contributed by atoms with Gasteiger partial charge in [-0.15, -0.1) is 11.8 Å². The zero-order valence-corrected chi connectivity index (χ0v) is 16.9. The van der Waals surface area contributed by atoms with E-state index in [0.29, 0.717) is 18.3 Å². The lowest BCUT2D eigenvalue weighted by atomic mass is 9.89. The molecule has 150 valence electrons. The van der Waals surface area contributed by atoms with Gasteiger partial charge in [-0.3, -0.25) is 4.79 Å². The minimum Gasteiger partial charge on any atom is -0.491 e. The molecule has 0 spiro atoms. The summed E-state index contributed by atoms with van der Waals surface area (Å²) >= 11 is 0. The molecular formula is C22H33NO4. The fraction of sp³-hybridized carbons (Fsp3) is 0.682. The highest BCUT2D eigenvalue weighted by Gasteiger charge is 2.45. The lowest BCUT2D eigenvalue weighted by molar-refractivity contribution is -0.131. The molecule has 27 heavy (non-hydrogen) atoms. The van der Waals surface area contributed by atoms with Crippen molar-refractivity contribution in [3.63, 3.8) is 0 Å². The van der Waals surface area contributed by atoms with Gasteiger partial charge in [0.1, 0.15) is 0 Å². The van der Waals surface area contributed by atoms with E-state index in [1.807, 2.05) is 19.1 Å². The second kappa shape index (κ2) is 9.96. The molecule has 0 aromatic rings. The molecule has 2 aliphatic carbocycles. The van der Waals surface area contributed by atoms with Crippen LogP contribution in [0.2, 0.25) is 0 Å². The fourth-order valence-electron chi connectivity index (χ4n) is 4.04. The highest BCUT2D eigenvalue weighted by molar-refractivity contribution is 5.76. The van der Waals surface area contributed by atoms with E-state index in [-0.39, 0.29) is 30.5 Å². The van der Waals surface area contributed by atoms with E-state index >= 15 is 0 Å². The van der Waals surface area contributed by atoms with Crippen LogP contribution in [0.1, 0.15) is 39.5 Å². The molecule has 0 unspecified atom stereocenters. The summed E-state index contributed by atoms with van der Waals surface area (Å²) in [6.07, 6.45) is 7.88. The molecule has 2 N–H and O–H groups in total. The number of allylic oxidation sites excluding steroid dienone is 1. The summed E-state index contributed by atoms with van der Waals surface area (Å²) in [6.45, 7) is 3.84.